The molecule has 0 spiro atoms. The van der Waals surface area contributed by atoms with E-state index >= 15 is 0 Å². The predicted molar refractivity (Wildman–Crippen MR) is 93.6 cm³/mol. The third kappa shape index (κ3) is 5.57. The molecule has 1 aromatic carbocycles. The molecule has 0 saturated carbocycles. The fourth-order valence-corrected chi connectivity index (χ4v) is 2.77. The number of carbonyl (C=O) groups is 1. The molecule has 0 radical (unpaired) electrons. The Balaban J connectivity index is 1.39. The summed E-state index contributed by atoms with van der Waals surface area (Å²) in [6, 6.07) is 9.45. The van der Waals surface area contributed by atoms with Gasteiger partial charge in [0.15, 0.2) is 5.76 Å². The molecule has 1 aliphatic heterocycles. The van der Waals surface area contributed by atoms with Crippen LogP contribution in [0, 0.1) is 5.92 Å². The molecule has 1 saturated heterocycles. The van der Waals surface area contributed by atoms with Gasteiger partial charge in [0.05, 0.1) is 32.4 Å². The van der Waals surface area contributed by atoms with Gasteiger partial charge in [-0.3, -0.25) is 4.79 Å². The molecule has 1 aliphatic rings. The quantitative estimate of drug-likeness (QED) is 0.737. The van der Waals surface area contributed by atoms with E-state index in [4.69, 9.17) is 18.7 Å². The van der Waals surface area contributed by atoms with Gasteiger partial charge >= 0.3 is 0 Å². The van der Waals surface area contributed by atoms with E-state index in [1.807, 2.05) is 24.3 Å². The fourth-order valence-electron chi connectivity index (χ4n) is 2.77. The van der Waals surface area contributed by atoms with Crippen LogP contribution in [0.3, 0.4) is 0 Å². The van der Waals surface area contributed by atoms with Crippen molar-refractivity contribution in [1.82, 2.24) is 10.5 Å². The Morgan fingerprint density at radius 2 is 2.27 bits per heavy atom. The van der Waals surface area contributed by atoms with E-state index in [1.54, 1.807) is 13.2 Å². The number of hydrogen-bond donors (Lipinski definition) is 1. The Bertz CT molecular complexity index is 709. The maximum absolute atomic E-state index is 12.0. The second-order valence-electron chi connectivity index (χ2n) is 6.34. The summed E-state index contributed by atoms with van der Waals surface area (Å²) in [6.45, 7) is 2.89. The number of aromatic nitrogens is 1. The van der Waals surface area contributed by atoms with Crippen molar-refractivity contribution < 1.29 is 23.5 Å². The molecule has 1 atom stereocenters. The second-order valence-corrected chi connectivity index (χ2v) is 6.34. The SMILES string of the molecule is COc1cccc(COCc2cc(CC(=O)NCC3CCOC3)no2)c1. The minimum Gasteiger partial charge on any atom is -0.497 e. The van der Waals surface area contributed by atoms with Gasteiger partial charge in [-0.05, 0) is 24.1 Å². The van der Waals surface area contributed by atoms with E-state index in [0.29, 0.717) is 37.1 Å². The van der Waals surface area contributed by atoms with Gasteiger partial charge in [0.1, 0.15) is 12.4 Å². The molecule has 1 aromatic heterocycles. The van der Waals surface area contributed by atoms with Crippen molar-refractivity contribution >= 4 is 5.91 Å². The fraction of sp³-hybridized carbons (Fsp3) is 0.474. The molecule has 0 bridgehead atoms. The highest BCUT2D eigenvalue weighted by Gasteiger charge is 2.17. The van der Waals surface area contributed by atoms with Crippen LogP contribution in [-0.4, -0.2) is 37.9 Å². The molecule has 1 fully saturated rings. The van der Waals surface area contributed by atoms with Gasteiger partial charge in [0, 0.05) is 25.1 Å². The molecule has 2 heterocycles. The van der Waals surface area contributed by atoms with Gasteiger partial charge in [0.2, 0.25) is 5.91 Å². The topological polar surface area (TPSA) is 82.8 Å². The normalized spacial score (nSPS) is 16.6. The first-order chi connectivity index (χ1) is 12.7. The lowest BCUT2D eigenvalue weighted by atomic mass is 10.1. The molecule has 7 nitrogen and oxygen atoms in total. The minimum absolute atomic E-state index is 0.0611. The number of methoxy groups -OCH3 is 1. The molecular weight excluding hydrogens is 336 g/mol. The van der Waals surface area contributed by atoms with Gasteiger partial charge in [-0.25, -0.2) is 0 Å². The van der Waals surface area contributed by atoms with Crippen molar-refractivity contribution in [2.45, 2.75) is 26.1 Å². The molecular formula is C19H24N2O5. The Morgan fingerprint density at radius 1 is 1.35 bits per heavy atom. The average Bonchev–Trinajstić information content (AvgIpc) is 3.32. The number of benzene rings is 1. The lowest BCUT2D eigenvalue weighted by molar-refractivity contribution is -0.120. The summed E-state index contributed by atoms with van der Waals surface area (Å²) >= 11 is 0. The lowest BCUT2D eigenvalue weighted by Crippen LogP contribution is -2.30. The Morgan fingerprint density at radius 3 is 3.08 bits per heavy atom. The van der Waals surface area contributed by atoms with Crippen LogP contribution >= 0.6 is 0 Å². The highest BCUT2D eigenvalue weighted by molar-refractivity contribution is 5.78. The summed E-state index contributed by atoms with van der Waals surface area (Å²) in [5.74, 6) is 1.74. The van der Waals surface area contributed by atoms with Crippen LogP contribution in [0.5, 0.6) is 5.75 Å². The van der Waals surface area contributed by atoms with Gasteiger partial charge < -0.3 is 24.1 Å². The van der Waals surface area contributed by atoms with Crippen molar-refractivity contribution in [3.63, 3.8) is 0 Å². The van der Waals surface area contributed by atoms with Crippen molar-refractivity contribution in [3.8, 4) is 5.75 Å². The maximum atomic E-state index is 12.0. The zero-order valence-electron chi connectivity index (χ0n) is 14.9. The highest BCUT2D eigenvalue weighted by atomic mass is 16.5. The lowest BCUT2D eigenvalue weighted by Gasteiger charge is -2.08. The van der Waals surface area contributed by atoms with Gasteiger partial charge in [0.25, 0.3) is 0 Å². The number of amides is 1. The van der Waals surface area contributed by atoms with Crippen LogP contribution in [0.25, 0.3) is 0 Å². The number of nitrogens with one attached hydrogen (secondary N) is 1. The van der Waals surface area contributed by atoms with Crippen molar-refractivity contribution in [3.05, 3.63) is 47.3 Å². The molecule has 1 amide bonds. The number of hydrogen-bond acceptors (Lipinski definition) is 6. The molecule has 7 heteroatoms. The molecule has 26 heavy (non-hydrogen) atoms. The molecule has 3 rings (SSSR count). The van der Waals surface area contributed by atoms with E-state index < -0.39 is 0 Å². The molecule has 1 N–H and O–H groups in total. The van der Waals surface area contributed by atoms with Crippen molar-refractivity contribution in [1.29, 1.82) is 0 Å². The third-order valence-corrected chi connectivity index (χ3v) is 4.21. The monoisotopic (exact) mass is 360 g/mol. The Hall–Kier alpha value is -2.38. The van der Waals surface area contributed by atoms with Crippen LogP contribution in [0.1, 0.15) is 23.4 Å². The van der Waals surface area contributed by atoms with Crippen LogP contribution in [-0.2, 0) is 33.9 Å². The van der Waals surface area contributed by atoms with Crippen LogP contribution < -0.4 is 10.1 Å². The van der Waals surface area contributed by atoms with E-state index in [9.17, 15) is 4.79 Å². The minimum atomic E-state index is -0.0611. The summed E-state index contributed by atoms with van der Waals surface area (Å²) in [5, 5.41) is 6.84. The number of carbonyl (C=O) groups excluding carboxylic acids is 1. The maximum Gasteiger partial charge on any atom is 0.226 e. The van der Waals surface area contributed by atoms with E-state index in [-0.39, 0.29) is 12.3 Å². The molecule has 0 aliphatic carbocycles. The summed E-state index contributed by atoms with van der Waals surface area (Å²) in [6.07, 6.45) is 1.20. The standard InChI is InChI=1S/C19H24N2O5/c1-23-17-4-2-3-14(7-17)11-25-13-18-8-16(21-26-18)9-19(22)20-10-15-5-6-24-12-15/h2-4,7-8,15H,5-6,9-13H2,1H3,(H,20,22). The Labute approximate surface area is 152 Å². The molecule has 2 aromatic rings. The van der Waals surface area contributed by atoms with Crippen LogP contribution in [0.4, 0.5) is 0 Å². The van der Waals surface area contributed by atoms with Gasteiger partial charge in [-0.15, -0.1) is 0 Å². The largest absolute Gasteiger partial charge is 0.497 e. The molecule has 1 unspecified atom stereocenters. The molecule has 140 valence electrons. The van der Waals surface area contributed by atoms with E-state index in [1.165, 1.54) is 0 Å². The summed E-state index contributed by atoms with van der Waals surface area (Å²) in [4.78, 5) is 12.0. The summed E-state index contributed by atoms with van der Waals surface area (Å²) in [7, 11) is 1.63. The summed E-state index contributed by atoms with van der Waals surface area (Å²) < 4.78 is 21.3. The van der Waals surface area contributed by atoms with Crippen LogP contribution in [0.2, 0.25) is 0 Å². The second kappa shape index (κ2) is 9.35. The first-order valence-corrected chi connectivity index (χ1v) is 8.72. The van der Waals surface area contributed by atoms with Gasteiger partial charge in [-0.2, -0.15) is 0 Å². The van der Waals surface area contributed by atoms with Crippen LogP contribution in [0.15, 0.2) is 34.9 Å². The van der Waals surface area contributed by atoms with E-state index in [0.717, 1.165) is 30.9 Å². The van der Waals surface area contributed by atoms with Gasteiger partial charge in [-0.1, -0.05) is 17.3 Å². The third-order valence-electron chi connectivity index (χ3n) is 4.21. The number of nitrogens with zero attached hydrogens (tertiary/aromatic N) is 1. The first-order valence-electron chi connectivity index (χ1n) is 8.72. The summed E-state index contributed by atoms with van der Waals surface area (Å²) in [5.41, 5.74) is 1.62. The zero-order valence-corrected chi connectivity index (χ0v) is 14.9. The number of ether oxygens (including phenoxy) is 3. The zero-order chi connectivity index (χ0) is 18.2. The smallest absolute Gasteiger partial charge is 0.226 e. The predicted octanol–water partition coefficient (Wildman–Crippen LogP) is 2.10. The number of rotatable bonds is 9. The highest BCUT2D eigenvalue weighted by Crippen LogP contribution is 2.14. The Kier molecular flexibility index (Phi) is 6.62. The van der Waals surface area contributed by atoms with Crippen molar-refractivity contribution in [2.75, 3.05) is 26.9 Å². The van der Waals surface area contributed by atoms with E-state index in [2.05, 4.69) is 10.5 Å². The van der Waals surface area contributed by atoms with Crippen molar-refractivity contribution in [2.24, 2.45) is 5.92 Å². The first kappa shape index (κ1) is 18.4. The average molecular weight is 360 g/mol.